The van der Waals surface area contributed by atoms with Crippen LogP contribution in [-0.2, 0) is 6.54 Å². The van der Waals surface area contributed by atoms with E-state index in [9.17, 15) is 19.5 Å². The van der Waals surface area contributed by atoms with E-state index in [1.807, 2.05) is 30.3 Å². The van der Waals surface area contributed by atoms with Gasteiger partial charge in [0.1, 0.15) is 5.56 Å². The molecule has 2 aromatic rings. The average molecular weight is 355 g/mol. The first-order valence-corrected chi connectivity index (χ1v) is 8.47. The summed E-state index contributed by atoms with van der Waals surface area (Å²) in [4.78, 5) is 37.2. The molecule has 1 aliphatic carbocycles. The molecule has 0 saturated heterocycles. The molecule has 1 heterocycles. The number of benzene rings is 1. The molecular weight excluding hydrogens is 334 g/mol. The van der Waals surface area contributed by atoms with E-state index in [2.05, 4.69) is 10.6 Å². The van der Waals surface area contributed by atoms with Crippen molar-refractivity contribution in [3.05, 3.63) is 69.6 Å². The lowest BCUT2D eigenvalue weighted by Crippen LogP contribution is -2.47. The summed E-state index contributed by atoms with van der Waals surface area (Å²) in [6.45, 7) is 0.257. The number of amides is 2. The highest BCUT2D eigenvalue weighted by Crippen LogP contribution is 2.19. The molecule has 1 aromatic heterocycles. The normalized spacial score (nSPS) is 18.7. The van der Waals surface area contributed by atoms with Gasteiger partial charge in [-0.1, -0.05) is 30.3 Å². The molecule has 0 bridgehead atoms. The molecule has 0 atom stereocenters. The van der Waals surface area contributed by atoms with Crippen LogP contribution in [0.1, 0.15) is 39.1 Å². The largest absolute Gasteiger partial charge is 0.393 e. The second-order valence-corrected chi connectivity index (χ2v) is 6.44. The van der Waals surface area contributed by atoms with E-state index in [1.165, 1.54) is 23.9 Å². The van der Waals surface area contributed by atoms with Crippen LogP contribution in [-0.4, -0.2) is 40.7 Å². The van der Waals surface area contributed by atoms with Crippen LogP contribution in [0.3, 0.4) is 0 Å². The summed E-state index contributed by atoms with van der Waals surface area (Å²) >= 11 is 0. The Morgan fingerprint density at radius 2 is 1.88 bits per heavy atom. The van der Waals surface area contributed by atoms with Gasteiger partial charge in [-0.05, 0) is 24.5 Å². The number of hydrogen-bond donors (Lipinski definition) is 3. The number of carbonyl (C=O) groups is 2. The Morgan fingerprint density at radius 3 is 2.50 bits per heavy atom. The van der Waals surface area contributed by atoms with Gasteiger partial charge in [0.15, 0.2) is 0 Å². The van der Waals surface area contributed by atoms with Crippen molar-refractivity contribution in [1.29, 1.82) is 0 Å². The molecule has 7 heteroatoms. The van der Waals surface area contributed by atoms with Crippen LogP contribution in [0.4, 0.5) is 0 Å². The van der Waals surface area contributed by atoms with Crippen LogP contribution in [0.5, 0.6) is 0 Å². The number of pyridine rings is 1. The third-order valence-corrected chi connectivity index (χ3v) is 4.46. The van der Waals surface area contributed by atoms with Crippen molar-refractivity contribution >= 4 is 11.8 Å². The monoisotopic (exact) mass is 355 g/mol. The van der Waals surface area contributed by atoms with Crippen molar-refractivity contribution in [2.75, 3.05) is 7.05 Å². The number of nitrogens with one attached hydrogen (secondary N) is 2. The predicted molar refractivity (Wildman–Crippen MR) is 96.1 cm³/mol. The van der Waals surface area contributed by atoms with E-state index in [1.54, 1.807) is 0 Å². The molecule has 3 N–H and O–H groups in total. The van der Waals surface area contributed by atoms with E-state index in [0.717, 1.165) is 5.56 Å². The van der Waals surface area contributed by atoms with E-state index >= 15 is 0 Å². The maximum atomic E-state index is 12.6. The lowest BCUT2D eigenvalue weighted by atomic mass is 9.89. The number of aromatic nitrogens is 1. The number of nitrogens with zero attached hydrogens (tertiary/aromatic N) is 1. The minimum atomic E-state index is -0.537. The number of aliphatic hydroxyl groups excluding tert-OH is 1. The van der Waals surface area contributed by atoms with Gasteiger partial charge in [-0.25, -0.2) is 0 Å². The molecule has 1 saturated carbocycles. The van der Waals surface area contributed by atoms with Gasteiger partial charge in [0.05, 0.1) is 18.2 Å². The fourth-order valence-electron chi connectivity index (χ4n) is 2.93. The number of hydrogen-bond acceptors (Lipinski definition) is 4. The van der Waals surface area contributed by atoms with Crippen molar-refractivity contribution in [3.8, 4) is 0 Å². The Bertz CT molecular complexity index is 870. The van der Waals surface area contributed by atoms with Crippen LogP contribution in [0.25, 0.3) is 0 Å². The van der Waals surface area contributed by atoms with Gasteiger partial charge in [0, 0.05) is 19.3 Å². The molecule has 0 radical (unpaired) electrons. The highest BCUT2D eigenvalue weighted by molar-refractivity contribution is 5.99. The lowest BCUT2D eigenvalue weighted by molar-refractivity contribution is 0.0562. The third-order valence-electron chi connectivity index (χ3n) is 4.46. The first-order chi connectivity index (χ1) is 12.5. The molecule has 1 aromatic carbocycles. The van der Waals surface area contributed by atoms with Gasteiger partial charge in [0.25, 0.3) is 17.4 Å². The minimum absolute atomic E-state index is 0.0790. The molecule has 0 unspecified atom stereocenters. The summed E-state index contributed by atoms with van der Waals surface area (Å²) in [5, 5.41) is 14.6. The summed E-state index contributed by atoms with van der Waals surface area (Å²) in [5.41, 5.74) is 0.589. The Kier molecular flexibility index (Phi) is 5.18. The van der Waals surface area contributed by atoms with Crippen LogP contribution >= 0.6 is 0 Å². The second kappa shape index (κ2) is 7.53. The summed E-state index contributed by atoms with van der Waals surface area (Å²) < 4.78 is 1.37. The molecule has 0 spiro atoms. The highest BCUT2D eigenvalue weighted by Gasteiger charge is 2.29. The Balaban J connectivity index is 1.93. The quantitative estimate of drug-likeness (QED) is 0.727. The molecule has 0 aliphatic heterocycles. The Morgan fingerprint density at radius 1 is 1.19 bits per heavy atom. The molecule has 7 nitrogen and oxygen atoms in total. The van der Waals surface area contributed by atoms with Gasteiger partial charge < -0.3 is 20.3 Å². The lowest BCUT2D eigenvalue weighted by Gasteiger charge is -2.32. The van der Waals surface area contributed by atoms with E-state index in [-0.39, 0.29) is 35.7 Å². The maximum Gasteiger partial charge on any atom is 0.263 e. The molecule has 136 valence electrons. The van der Waals surface area contributed by atoms with Gasteiger partial charge in [-0.3, -0.25) is 14.4 Å². The van der Waals surface area contributed by atoms with Crippen molar-refractivity contribution < 1.29 is 14.7 Å². The van der Waals surface area contributed by atoms with Gasteiger partial charge in [0.2, 0.25) is 0 Å². The number of carbonyl (C=O) groups excluding carboxylic acids is 2. The average Bonchev–Trinajstić information content (AvgIpc) is 2.62. The zero-order valence-corrected chi connectivity index (χ0v) is 14.4. The fourth-order valence-corrected chi connectivity index (χ4v) is 2.93. The van der Waals surface area contributed by atoms with Gasteiger partial charge >= 0.3 is 0 Å². The van der Waals surface area contributed by atoms with E-state index in [0.29, 0.717) is 12.8 Å². The molecule has 1 fully saturated rings. The highest BCUT2D eigenvalue weighted by atomic mass is 16.3. The van der Waals surface area contributed by atoms with Crippen LogP contribution in [0.15, 0.2) is 47.4 Å². The SMILES string of the molecule is CNC(=O)c1cc(C(=O)N[C@H]2C[C@H](O)C2)cn(Cc2ccccc2)c1=O. The van der Waals surface area contributed by atoms with E-state index in [4.69, 9.17) is 0 Å². The summed E-state index contributed by atoms with van der Waals surface area (Å²) in [7, 11) is 1.44. The smallest absolute Gasteiger partial charge is 0.263 e. The number of aliphatic hydroxyl groups is 1. The Hall–Kier alpha value is -2.93. The van der Waals surface area contributed by atoms with Crippen LogP contribution in [0, 0.1) is 0 Å². The first kappa shape index (κ1) is 17.9. The summed E-state index contributed by atoms with van der Waals surface area (Å²) in [6.07, 6.45) is 2.11. The van der Waals surface area contributed by atoms with Gasteiger partial charge in [-0.15, -0.1) is 0 Å². The predicted octanol–water partition coefficient (Wildman–Crippen LogP) is 0.509. The van der Waals surface area contributed by atoms with Crippen LogP contribution < -0.4 is 16.2 Å². The maximum absolute atomic E-state index is 12.6. The summed E-state index contributed by atoms with van der Waals surface area (Å²) in [6, 6.07) is 10.6. The minimum Gasteiger partial charge on any atom is -0.393 e. The molecular formula is C19H21N3O4. The van der Waals surface area contributed by atoms with Gasteiger partial charge in [-0.2, -0.15) is 0 Å². The number of rotatable bonds is 5. The van der Waals surface area contributed by atoms with Crippen molar-refractivity contribution in [1.82, 2.24) is 15.2 Å². The molecule has 2 amide bonds. The molecule has 26 heavy (non-hydrogen) atoms. The Labute approximate surface area is 150 Å². The first-order valence-electron chi connectivity index (χ1n) is 8.47. The summed E-state index contributed by atoms with van der Waals surface area (Å²) in [5.74, 6) is -0.903. The standard InChI is InChI=1S/C19H21N3O4/c1-20-18(25)16-7-13(17(24)21-14-8-15(23)9-14)11-22(19(16)26)10-12-5-3-2-4-6-12/h2-7,11,14-15,23H,8-10H2,1H3,(H,20,25)(H,21,24)/t14-,15-. The van der Waals surface area contributed by atoms with Crippen LogP contribution in [0.2, 0.25) is 0 Å². The zero-order chi connectivity index (χ0) is 18.7. The zero-order valence-electron chi connectivity index (χ0n) is 14.4. The van der Waals surface area contributed by atoms with Crippen molar-refractivity contribution in [2.45, 2.75) is 31.5 Å². The van der Waals surface area contributed by atoms with Crippen molar-refractivity contribution in [2.24, 2.45) is 0 Å². The molecule has 3 rings (SSSR count). The topological polar surface area (TPSA) is 100 Å². The van der Waals surface area contributed by atoms with Crippen molar-refractivity contribution in [3.63, 3.8) is 0 Å². The molecule has 1 aliphatic rings. The van der Waals surface area contributed by atoms with E-state index < -0.39 is 11.5 Å². The fraction of sp³-hybridized carbons (Fsp3) is 0.316. The third kappa shape index (κ3) is 3.83. The second-order valence-electron chi connectivity index (χ2n) is 6.44.